The maximum atomic E-state index is 12.9. The molecule has 1 aromatic rings. The number of hydrogen-bond acceptors (Lipinski definition) is 4. The first-order valence-electron chi connectivity index (χ1n) is 9.83. The van der Waals surface area contributed by atoms with Crippen LogP contribution in [0.25, 0.3) is 0 Å². The van der Waals surface area contributed by atoms with Crippen LogP contribution >= 0.6 is 15.9 Å². The molecular weight excluding hydrogens is 444 g/mol. The Balaban J connectivity index is 1.73. The van der Waals surface area contributed by atoms with Gasteiger partial charge in [0, 0.05) is 35.6 Å². The molecule has 3 rings (SSSR count). The number of fused-ring (bicyclic) bond motifs is 1. The first-order chi connectivity index (χ1) is 13.2. The molecule has 6 nitrogen and oxygen atoms in total. The van der Waals surface area contributed by atoms with Crippen molar-refractivity contribution in [3.63, 3.8) is 0 Å². The lowest BCUT2D eigenvalue weighted by atomic mass is 9.95. The molecular formula is C20H27BrN2O4S. The molecule has 1 aliphatic heterocycles. The van der Waals surface area contributed by atoms with E-state index in [4.69, 9.17) is 0 Å². The standard InChI is InChI=1S/C20H27BrN2O4S/c1-13-10-15-11-17(21)19(12-18(15)23(13)14(2)24)28(26,27)9-8-20(25)22-16-6-4-3-5-7-16/h11-13,16H,3-10H2,1-2H3,(H,22,25). The topological polar surface area (TPSA) is 83.6 Å². The molecule has 154 valence electrons. The number of carbonyl (C=O) groups excluding carboxylic acids is 2. The molecule has 2 amide bonds. The zero-order chi connectivity index (χ0) is 20.5. The molecule has 1 fully saturated rings. The van der Waals surface area contributed by atoms with E-state index in [0.717, 1.165) is 31.2 Å². The largest absolute Gasteiger partial charge is 0.353 e. The highest BCUT2D eigenvalue weighted by Crippen LogP contribution is 2.38. The minimum atomic E-state index is -3.66. The molecule has 0 radical (unpaired) electrons. The second kappa shape index (κ2) is 8.53. The Morgan fingerprint density at radius 2 is 1.89 bits per heavy atom. The Hall–Kier alpha value is -1.41. The number of nitrogens with one attached hydrogen (secondary N) is 1. The maximum absolute atomic E-state index is 12.9. The average molecular weight is 471 g/mol. The summed E-state index contributed by atoms with van der Waals surface area (Å²) >= 11 is 3.37. The first-order valence-corrected chi connectivity index (χ1v) is 12.3. The fourth-order valence-corrected chi connectivity index (χ4v) is 6.67. The number of amides is 2. The Morgan fingerprint density at radius 1 is 1.21 bits per heavy atom. The van der Waals surface area contributed by atoms with E-state index in [1.165, 1.54) is 13.3 Å². The fourth-order valence-electron chi connectivity index (χ4n) is 4.22. The van der Waals surface area contributed by atoms with Gasteiger partial charge < -0.3 is 10.2 Å². The molecule has 28 heavy (non-hydrogen) atoms. The number of sulfone groups is 1. The van der Waals surface area contributed by atoms with E-state index in [1.807, 2.05) is 6.92 Å². The number of carbonyl (C=O) groups is 2. The zero-order valence-corrected chi connectivity index (χ0v) is 18.7. The van der Waals surface area contributed by atoms with Crippen LogP contribution in [0.3, 0.4) is 0 Å². The second-order valence-electron chi connectivity index (χ2n) is 7.82. The van der Waals surface area contributed by atoms with Gasteiger partial charge in [0.2, 0.25) is 11.8 Å². The van der Waals surface area contributed by atoms with Crippen LogP contribution in [-0.2, 0) is 25.8 Å². The molecule has 0 spiro atoms. The van der Waals surface area contributed by atoms with E-state index in [2.05, 4.69) is 21.2 Å². The summed E-state index contributed by atoms with van der Waals surface area (Å²) in [7, 11) is -3.66. The highest BCUT2D eigenvalue weighted by Gasteiger charge is 2.32. The van der Waals surface area contributed by atoms with Gasteiger partial charge in [0.25, 0.3) is 0 Å². The second-order valence-corrected chi connectivity index (χ2v) is 10.8. The van der Waals surface area contributed by atoms with Crippen molar-refractivity contribution in [1.29, 1.82) is 0 Å². The van der Waals surface area contributed by atoms with Crippen molar-refractivity contribution in [2.75, 3.05) is 10.7 Å². The third kappa shape index (κ3) is 4.59. The predicted molar refractivity (Wildman–Crippen MR) is 112 cm³/mol. The van der Waals surface area contributed by atoms with Gasteiger partial charge in [-0.3, -0.25) is 9.59 Å². The van der Waals surface area contributed by atoms with Gasteiger partial charge in [-0.25, -0.2) is 8.42 Å². The molecule has 2 aliphatic rings. The molecule has 1 heterocycles. The summed E-state index contributed by atoms with van der Waals surface area (Å²) < 4.78 is 26.3. The zero-order valence-electron chi connectivity index (χ0n) is 16.3. The van der Waals surface area contributed by atoms with Crippen molar-refractivity contribution < 1.29 is 18.0 Å². The minimum Gasteiger partial charge on any atom is -0.353 e. The molecule has 1 unspecified atom stereocenters. The average Bonchev–Trinajstić information content (AvgIpc) is 2.95. The van der Waals surface area contributed by atoms with Crippen LogP contribution in [0.1, 0.15) is 57.9 Å². The number of rotatable bonds is 5. The summed E-state index contributed by atoms with van der Waals surface area (Å²) in [5, 5.41) is 2.96. The molecule has 1 atom stereocenters. The van der Waals surface area contributed by atoms with E-state index < -0.39 is 9.84 Å². The summed E-state index contributed by atoms with van der Waals surface area (Å²) in [6.07, 6.45) is 5.98. The van der Waals surface area contributed by atoms with Crippen LogP contribution in [0.4, 0.5) is 5.69 Å². The molecule has 1 aliphatic carbocycles. The smallest absolute Gasteiger partial charge is 0.224 e. The van der Waals surface area contributed by atoms with Crippen LogP contribution in [0.2, 0.25) is 0 Å². The quantitative estimate of drug-likeness (QED) is 0.714. The summed E-state index contributed by atoms with van der Waals surface area (Å²) in [6.45, 7) is 3.43. The van der Waals surface area contributed by atoms with E-state index in [9.17, 15) is 18.0 Å². The third-order valence-electron chi connectivity index (χ3n) is 5.59. The number of benzene rings is 1. The van der Waals surface area contributed by atoms with Crippen LogP contribution < -0.4 is 10.2 Å². The maximum Gasteiger partial charge on any atom is 0.224 e. The van der Waals surface area contributed by atoms with E-state index in [1.54, 1.807) is 17.0 Å². The molecule has 0 saturated heterocycles. The molecule has 1 aromatic carbocycles. The van der Waals surface area contributed by atoms with Gasteiger partial charge >= 0.3 is 0 Å². The number of nitrogens with zero attached hydrogens (tertiary/aromatic N) is 1. The van der Waals surface area contributed by atoms with Crippen LogP contribution in [0.15, 0.2) is 21.5 Å². The number of halogens is 1. The Kier molecular flexibility index (Phi) is 6.49. The molecule has 1 N–H and O–H groups in total. The van der Waals surface area contributed by atoms with Gasteiger partial charge in [-0.05, 0) is 59.8 Å². The lowest BCUT2D eigenvalue weighted by Gasteiger charge is -2.23. The highest BCUT2D eigenvalue weighted by molar-refractivity contribution is 9.10. The predicted octanol–water partition coefficient (Wildman–Crippen LogP) is 3.36. The van der Waals surface area contributed by atoms with Crippen molar-refractivity contribution in [3.05, 3.63) is 22.2 Å². The number of anilines is 1. The Morgan fingerprint density at radius 3 is 2.54 bits per heavy atom. The summed E-state index contributed by atoms with van der Waals surface area (Å²) in [4.78, 5) is 26.0. The van der Waals surface area contributed by atoms with Crippen molar-refractivity contribution in [2.24, 2.45) is 0 Å². The van der Waals surface area contributed by atoms with Gasteiger partial charge in [0.1, 0.15) is 0 Å². The van der Waals surface area contributed by atoms with Crippen molar-refractivity contribution >= 4 is 43.3 Å². The summed E-state index contributed by atoms with van der Waals surface area (Å²) in [5.41, 5.74) is 1.59. The lowest BCUT2D eigenvalue weighted by molar-refractivity contribution is -0.121. The monoisotopic (exact) mass is 470 g/mol. The van der Waals surface area contributed by atoms with Gasteiger partial charge in [0.15, 0.2) is 9.84 Å². The van der Waals surface area contributed by atoms with Gasteiger partial charge in [-0.2, -0.15) is 0 Å². The van der Waals surface area contributed by atoms with Crippen molar-refractivity contribution in [3.8, 4) is 0 Å². The molecule has 1 saturated carbocycles. The Labute approximate surface area is 175 Å². The van der Waals surface area contributed by atoms with Gasteiger partial charge in [-0.15, -0.1) is 0 Å². The van der Waals surface area contributed by atoms with Crippen molar-refractivity contribution in [2.45, 2.75) is 75.8 Å². The van der Waals surface area contributed by atoms with Crippen LogP contribution in [-0.4, -0.2) is 38.1 Å². The van der Waals surface area contributed by atoms with E-state index >= 15 is 0 Å². The van der Waals surface area contributed by atoms with Gasteiger partial charge in [0.05, 0.1) is 10.6 Å². The third-order valence-corrected chi connectivity index (χ3v) is 8.26. The minimum absolute atomic E-state index is 0.00127. The lowest BCUT2D eigenvalue weighted by Crippen LogP contribution is -2.36. The van der Waals surface area contributed by atoms with Crippen LogP contribution in [0.5, 0.6) is 0 Å². The summed E-state index contributed by atoms with van der Waals surface area (Å²) in [5.74, 6) is -0.575. The first kappa shape index (κ1) is 21.3. The number of hydrogen-bond donors (Lipinski definition) is 1. The van der Waals surface area contributed by atoms with Crippen molar-refractivity contribution in [1.82, 2.24) is 5.32 Å². The SMILES string of the molecule is CC(=O)N1c2cc(S(=O)(=O)CCC(=O)NC3CCCCC3)c(Br)cc2CC1C. The van der Waals surface area contributed by atoms with Gasteiger partial charge in [-0.1, -0.05) is 19.3 Å². The van der Waals surface area contributed by atoms with E-state index in [-0.39, 0.29) is 41.0 Å². The normalized spacial score (nSPS) is 20.1. The summed E-state index contributed by atoms with van der Waals surface area (Å²) in [6, 6.07) is 3.52. The fraction of sp³-hybridized carbons (Fsp3) is 0.600. The molecule has 0 aromatic heterocycles. The van der Waals surface area contributed by atoms with E-state index in [0.29, 0.717) is 16.6 Å². The van der Waals surface area contributed by atoms with Crippen LogP contribution in [0, 0.1) is 0 Å². The molecule has 0 bridgehead atoms. The Bertz CT molecular complexity index is 878. The highest BCUT2D eigenvalue weighted by atomic mass is 79.9. The molecule has 8 heteroatoms.